The highest BCUT2D eigenvalue weighted by atomic mass is 32.2. The number of unbranched alkanes of at least 4 members (excludes halogenated alkanes) is 2. The highest BCUT2D eigenvalue weighted by Crippen LogP contribution is 2.22. The van der Waals surface area contributed by atoms with Crippen molar-refractivity contribution in [3.05, 3.63) is 0 Å². The van der Waals surface area contributed by atoms with E-state index in [2.05, 4.69) is 5.32 Å². The second-order valence-electron chi connectivity index (χ2n) is 4.03. The normalized spacial score (nSPS) is 25.4. The number of aldehydes is 1. The molecule has 1 aliphatic heterocycles. The van der Waals surface area contributed by atoms with Crippen molar-refractivity contribution in [1.29, 1.82) is 0 Å². The third-order valence-corrected chi connectivity index (χ3v) is 3.86. The molecule has 1 saturated heterocycles. The monoisotopic (exact) mass is 229 g/mol. The zero-order valence-electron chi connectivity index (χ0n) is 9.20. The van der Waals surface area contributed by atoms with E-state index < -0.39 is 0 Å². The van der Waals surface area contributed by atoms with Gasteiger partial charge in [-0.25, -0.2) is 0 Å². The van der Waals surface area contributed by atoms with E-state index in [1.165, 1.54) is 0 Å². The van der Waals surface area contributed by atoms with Gasteiger partial charge in [0, 0.05) is 12.2 Å². The van der Waals surface area contributed by atoms with Crippen molar-refractivity contribution < 1.29 is 9.59 Å². The van der Waals surface area contributed by atoms with E-state index in [4.69, 9.17) is 0 Å². The molecule has 2 atom stereocenters. The smallest absolute Gasteiger partial charge is 0.137 e. The lowest BCUT2D eigenvalue weighted by molar-refractivity contribution is -0.117. The van der Waals surface area contributed by atoms with Crippen LogP contribution in [0.4, 0.5) is 0 Å². The van der Waals surface area contributed by atoms with Gasteiger partial charge < -0.3 is 9.59 Å². The molecule has 0 amide bonds. The molecule has 2 unspecified atom stereocenters. The Kier molecular flexibility index (Phi) is 5.95. The van der Waals surface area contributed by atoms with Crippen molar-refractivity contribution in [3.63, 3.8) is 0 Å². The van der Waals surface area contributed by atoms with Crippen LogP contribution >= 0.6 is 11.8 Å². The van der Waals surface area contributed by atoms with Gasteiger partial charge in [0.1, 0.15) is 12.1 Å². The molecule has 0 radical (unpaired) electrons. The van der Waals surface area contributed by atoms with E-state index in [0.29, 0.717) is 11.8 Å². The second-order valence-corrected chi connectivity index (χ2v) is 5.27. The molecule has 1 heterocycles. The number of carbonyl (C=O) groups is 2. The molecule has 1 aliphatic rings. The maximum atomic E-state index is 10.7. The molecule has 0 saturated carbocycles. The van der Waals surface area contributed by atoms with E-state index >= 15 is 0 Å². The lowest BCUT2D eigenvalue weighted by Gasteiger charge is -2.09. The fourth-order valence-corrected chi connectivity index (χ4v) is 2.90. The summed E-state index contributed by atoms with van der Waals surface area (Å²) in [6, 6.07) is 0.0530. The Morgan fingerprint density at radius 2 is 2.27 bits per heavy atom. The number of thioether (sulfide) groups is 1. The third-order valence-electron chi connectivity index (χ3n) is 2.54. The number of hydrogen-bond acceptors (Lipinski definition) is 4. The number of hydrogen-bond donors (Lipinski definition) is 1. The first-order valence-electron chi connectivity index (χ1n) is 5.54. The van der Waals surface area contributed by atoms with Crippen molar-refractivity contribution in [1.82, 2.24) is 5.32 Å². The predicted molar refractivity (Wildman–Crippen MR) is 63.0 cm³/mol. The van der Waals surface area contributed by atoms with Crippen molar-refractivity contribution in [2.75, 3.05) is 5.75 Å². The Morgan fingerprint density at radius 3 is 2.87 bits per heavy atom. The van der Waals surface area contributed by atoms with E-state index in [0.717, 1.165) is 37.7 Å². The summed E-state index contributed by atoms with van der Waals surface area (Å²) in [5.74, 6) is 1.19. The minimum Gasteiger partial charge on any atom is -0.302 e. The van der Waals surface area contributed by atoms with Crippen molar-refractivity contribution in [2.24, 2.45) is 0 Å². The molecule has 0 aromatic heterocycles. The van der Waals surface area contributed by atoms with Gasteiger partial charge in [-0.3, -0.25) is 5.32 Å². The Morgan fingerprint density at radius 1 is 1.47 bits per heavy atom. The topological polar surface area (TPSA) is 46.2 Å². The second kappa shape index (κ2) is 7.01. The Bertz CT molecular complexity index is 221. The molecule has 0 aliphatic carbocycles. The summed E-state index contributed by atoms with van der Waals surface area (Å²) in [6.45, 7) is 1.64. The van der Waals surface area contributed by atoms with E-state index in [9.17, 15) is 9.59 Å². The quantitative estimate of drug-likeness (QED) is 0.534. The van der Waals surface area contributed by atoms with Crippen molar-refractivity contribution in [3.8, 4) is 0 Å². The van der Waals surface area contributed by atoms with Crippen LogP contribution in [-0.2, 0) is 9.59 Å². The van der Waals surface area contributed by atoms with Gasteiger partial charge in [0.25, 0.3) is 0 Å². The number of carbonyl (C=O) groups excluding carboxylic acids is 2. The Labute approximate surface area is 95.4 Å². The van der Waals surface area contributed by atoms with Crippen LogP contribution in [0.3, 0.4) is 0 Å². The van der Waals surface area contributed by atoms with Crippen LogP contribution in [-0.4, -0.2) is 29.2 Å². The molecule has 1 N–H and O–H groups in total. The van der Waals surface area contributed by atoms with Gasteiger partial charge >= 0.3 is 0 Å². The molecule has 0 spiro atoms. The molecule has 1 fully saturated rings. The molecule has 4 heteroatoms. The number of rotatable bonds is 7. The highest BCUT2D eigenvalue weighted by Gasteiger charge is 2.22. The largest absolute Gasteiger partial charge is 0.302 e. The lowest BCUT2D eigenvalue weighted by atomic mass is 10.1. The minimum atomic E-state index is 0.0530. The van der Waals surface area contributed by atoms with Crippen LogP contribution in [0.5, 0.6) is 0 Å². The van der Waals surface area contributed by atoms with E-state index in [1.807, 2.05) is 11.8 Å². The number of nitrogens with one attached hydrogen (secondary N) is 1. The average Bonchev–Trinajstić information content (AvgIpc) is 2.65. The third kappa shape index (κ3) is 5.33. The van der Waals surface area contributed by atoms with Gasteiger partial charge in [0.05, 0.1) is 11.4 Å². The maximum Gasteiger partial charge on any atom is 0.137 e. The minimum absolute atomic E-state index is 0.0530. The fourth-order valence-electron chi connectivity index (χ4n) is 1.68. The average molecular weight is 229 g/mol. The summed E-state index contributed by atoms with van der Waals surface area (Å²) in [4.78, 5) is 21.2. The first kappa shape index (κ1) is 12.7. The first-order chi connectivity index (χ1) is 7.22. The van der Waals surface area contributed by atoms with Gasteiger partial charge in [0.15, 0.2) is 0 Å². The first-order valence-corrected chi connectivity index (χ1v) is 6.59. The predicted octanol–water partition coefficient (Wildman–Crippen LogP) is 1.76. The SMILES string of the molecule is CC(=O)CCCCCC1NC(C=O)CS1. The summed E-state index contributed by atoms with van der Waals surface area (Å²) < 4.78 is 0. The van der Waals surface area contributed by atoms with Gasteiger partial charge in [-0.1, -0.05) is 12.8 Å². The number of ketones is 1. The molecule has 0 aromatic carbocycles. The summed E-state index contributed by atoms with van der Waals surface area (Å²) in [5.41, 5.74) is 0. The molecule has 0 bridgehead atoms. The van der Waals surface area contributed by atoms with Gasteiger partial charge in [-0.05, 0) is 19.8 Å². The summed E-state index contributed by atoms with van der Waals surface area (Å²) in [6.07, 6.45) is 6.06. The van der Waals surface area contributed by atoms with Crippen LogP contribution in [0.25, 0.3) is 0 Å². The lowest BCUT2D eigenvalue weighted by Crippen LogP contribution is -2.30. The summed E-state index contributed by atoms with van der Waals surface area (Å²) in [5, 5.41) is 3.71. The zero-order chi connectivity index (χ0) is 11.1. The van der Waals surface area contributed by atoms with E-state index in [-0.39, 0.29) is 11.8 Å². The fraction of sp³-hybridized carbons (Fsp3) is 0.818. The van der Waals surface area contributed by atoms with Gasteiger partial charge in [-0.15, -0.1) is 11.8 Å². The van der Waals surface area contributed by atoms with Gasteiger partial charge in [-0.2, -0.15) is 0 Å². The molecular weight excluding hydrogens is 210 g/mol. The van der Waals surface area contributed by atoms with Crippen LogP contribution < -0.4 is 5.32 Å². The molecule has 3 nitrogen and oxygen atoms in total. The molecule has 15 heavy (non-hydrogen) atoms. The van der Waals surface area contributed by atoms with Crippen molar-refractivity contribution >= 4 is 23.8 Å². The van der Waals surface area contributed by atoms with Crippen LogP contribution in [0.1, 0.15) is 39.0 Å². The van der Waals surface area contributed by atoms with Crippen LogP contribution in [0.15, 0.2) is 0 Å². The van der Waals surface area contributed by atoms with Crippen molar-refractivity contribution in [2.45, 2.75) is 50.4 Å². The Hall–Kier alpha value is -0.350. The number of Topliss-reactive ketones (excluding diaryl/α,β-unsaturated/α-hetero) is 1. The standard InChI is InChI=1S/C11H19NO2S/c1-9(14)5-3-2-4-6-11-12-10(7-13)8-15-11/h7,10-12H,2-6,8H2,1H3. The van der Waals surface area contributed by atoms with Crippen LogP contribution in [0, 0.1) is 0 Å². The highest BCUT2D eigenvalue weighted by molar-refractivity contribution is 8.00. The summed E-state index contributed by atoms with van der Waals surface area (Å²) >= 11 is 1.83. The van der Waals surface area contributed by atoms with Crippen LogP contribution in [0.2, 0.25) is 0 Å². The molecule has 0 aromatic rings. The Balaban J connectivity index is 1.97. The zero-order valence-corrected chi connectivity index (χ0v) is 10.0. The van der Waals surface area contributed by atoms with E-state index in [1.54, 1.807) is 6.92 Å². The maximum absolute atomic E-state index is 10.7. The molecule has 1 rings (SSSR count). The molecular formula is C11H19NO2S. The molecule has 86 valence electrons. The summed E-state index contributed by atoms with van der Waals surface area (Å²) in [7, 11) is 0. The van der Waals surface area contributed by atoms with Gasteiger partial charge in [0.2, 0.25) is 0 Å².